The molecule has 2 heterocycles. The normalized spacial score (nSPS) is 10.9. The van der Waals surface area contributed by atoms with Crippen molar-refractivity contribution in [1.82, 2.24) is 24.6 Å². The van der Waals surface area contributed by atoms with E-state index in [0.29, 0.717) is 0 Å². The Morgan fingerprint density at radius 3 is 2.94 bits per heavy atom. The van der Waals surface area contributed by atoms with Gasteiger partial charge in [-0.25, -0.2) is 4.98 Å². The Morgan fingerprint density at radius 1 is 1.44 bits per heavy atom. The first kappa shape index (κ1) is 10.9. The molecule has 0 aliphatic heterocycles. The molecular formula is C11H17N5. The molecule has 0 aromatic carbocycles. The minimum atomic E-state index is 0.869. The predicted octanol–water partition coefficient (Wildman–Crippen LogP) is 0.715. The highest BCUT2D eigenvalue weighted by Gasteiger charge is 2.02. The number of aromatic nitrogens is 4. The summed E-state index contributed by atoms with van der Waals surface area (Å²) < 4.78 is 3.95. The molecule has 0 spiro atoms. The van der Waals surface area contributed by atoms with Gasteiger partial charge in [-0.2, -0.15) is 5.10 Å². The summed E-state index contributed by atoms with van der Waals surface area (Å²) in [5.74, 6) is 0. The first-order valence-electron chi connectivity index (χ1n) is 5.41. The first-order chi connectivity index (χ1) is 7.77. The molecule has 0 atom stereocenters. The standard InChI is InChI=1S/C11H17N5/c1-10-11(8-14-15(10)2)7-12-3-5-16-6-4-13-9-16/h4,6,8-9,12H,3,5,7H2,1-2H3. The number of hydrogen-bond donors (Lipinski definition) is 1. The summed E-state index contributed by atoms with van der Waals surface area (Å²) in [6.45, 7) is 4.83. The zero-order valence-corrected chi connectivity index (χ0v) is 9.72. The summed E-state index contributed by atoms with van der Waals surface area (Å²) in [7, 11) is 1.96. The number of nitrogens with zero attached hydrogens (tertiary/aromatic N) is 4. The lowest BCUT2D eigenvalue weighted by molar-refractivity contribution is 0.595. The van der Waals surface area contributed by atoms with E-state index in [2.05, 4.69) is 26.9 Å². The molecule has 0 bridgehead atoms. The van der Waals surface area contributed by atoms with Gasteiger partial charge in [-0.3, -0.25) is 4.68 Å². The van der Waals surface area contributed by atoms with Crippen LogP contribution in [0.4, 0.5) is 0 Å². The van der Waals surface area contributed by atoms with Crippen LogP contribution in [0.1, 0.15) is 11.3 Å². The SMILES string of the molecule is Cc1c(CNCCn2ccnc2)cnn1C. The van der Waals surface area contributed by atoms with Crippen molar-refractivity contribution in [1.29, 1.82) is 0 Å². The average molecular weight is 219 g/mol. The van der Waals surface area contributed by atoms with Crippen LogP contribution in [0, 0.1) is 6.92 Å². The molecule has 0 fully saturated rings. The van der Waals surface area contributed by atoms with E-state index in [4.69, 9.17) is 0 Å². The van der Waals surface area contributed by atoms with Crippen LogP contribution in [-0.4, -0.2) is 25.9 Å². The van der Waals surface area contributed by atoms with Gasteiger partial charge in [0, 0.05) is 50.3 Å². The molecule has 16 heavy (non-hydrogen) atoms. The first-order valence-corrected chi connectivity index (χ1v) is 5.41. The third-order valence-corrected chi connectivity index (χ3v) is 2.76. The summed E-state index contributed by atoms with van der Waals surface area (Å²) >= 11 is 0. The van der Waals surface area contributed by atoms with Gasteiger partial charge in [0.15, 0.2) is 0 Å². The molecule has 5 nitrogen and oxygen atoms in total. The van der Waals surface area contributed by atoms with Crippen molar-refractivity contribution >= 4 is 0 Å². The fourth-order valence-electron chi connectivity index (χ4n) is 1.57. The highest BCUT2D eigenvalue weighted by molar-refractivity contribution is 5.15. The van der Waals surface area contributed by atoms with E-state index < -0.39 is 0 Å². The summed E-state index contributed by atoms with van der Waals surface area (Å²) in [4.78, 5) is 4.00. The van der Waals surface area contributed by atoms with Gasteiger partial charge in [-0.1, -0.05) is 0 Å². The van der Waals surface area contributed by atoms with Crippen LogP contribution in [-0.2, 0) is 20.1 Å². The van der Waals surface area contributed by atoms with E-state index in [1.54, 1.807) is 6.20 Å². The maximum Gasteiger partial charge on any atom is 0.0946 e. The van der Waals surface area contributed by atoms with Gasteiger partial charge in [-0.15, -0.1) is 0 Å². The van der Waals surface area contributed by atoms with Crippen molar-refractivity contribution in [2.75, 3.05) is 6.54 Å². The number of rotatable bonds is 5. The van der Waals surface area contributed by atoms with Gasteiger partial charge in [0.25, 0.3) is 0 Å². The monoisotopic (exact) mass is 219 g/mol. The topological polar surface area (TPSA) is 47.7 Å². The fraction of sp³-hybridized carbons (Fsp3) is 0.455. The number of aryl methyl sites for hydroxylation is 1. The smallest absolute Gasteiger partial charge is 0.0946 e. The lowest BCUT2D eigenvalue weighted by Gasteiger charge is -2.05. The highest BCUT2D eigenvalue weighted by atomic mass is 15.3. The van der Waals surface area contributed by atoms with E-state index >= 15 is 0 Å². The molecule has 0 amide bonds. The molecule has 5 heteroatoms. The van der Waals surface area contributed by atoms with Gasteiger partial charge in [0.05, 0.1) is 12.5 Å². The largest absolute Gasteiger partial charge is 0.336 e. The van der Waals surface area contributed by atoms with E-state index in [1.165, 1.54) is 11.3 Å². The van der Waals surface area contributed by atoms with Crippen molar-refractivity contribution < 1.29 is 0 Å². The third kappa shape index (κ3) is 2.49. The number of hydrogen-bond acceptors (Lipinski definition) is 3. The van der Waals surface area contributed by atoms with E-state index in [9.17, 15) is 0 Å². The molecule has 0 saturated carbocycles. The molecule has 0 aliphatic rings. The second-order valence-electron chi connectivity index (χ2n) is 3.86. The van der Waals surface area contributed by atoms with Crippen molar-refractivity contribution in [2.24, 2.45) is 7.05 Å². The van der Waals surface area contributed by atoms with Gasteiger partial charge in [0.2, 0.25) is 0 Å². The minimum absolute atomic E-state index is 0.869. The molecule has 0 radical (unpaired) electrons. The van der Waals surface area contributed by atoms with Crippen LogP contribution in [0.15, 0.2) is 24.9 Å². The number of nitrogens with one attached hydrogen (secondary N) is 1. The molecule has 0 aliphatic carbocycles. The summed E-state index contributed by atoms with van der Waals surface area (Å²) in [6.07, 6.45) is 7.51. The van der Waals surface area contributed by atoms with E-state index in [-0.39, 0.29) is 0 Å². The quantitative estimate of drug-likeness (QED) is 0.754. The third-order valence-electron chi connectivity index (χ3n) is 2.76. The molecular weight excluding hydrogens is 202 g/mol. The van der Waals surface area contributed by atoms with E-state index in [1.807, 2.05) is 30.5 Å². The van der Waals surface area contributed by atoms with Crippen LogP contribution in [0.3, 0.4) is 0 Å². The van der Waals surface area contributed by atoms with Crippen molar-refractivity contribution in [3.63, 3.8) is 0 Å². The second kappa shape index (κ2) is 4.94. The Kier molecular flexibility index (Phi) is 3.36. The average Bonchev–Trinajstić information content (AvgIpc) is 2.88. The van der Waals surface area contributed by atoms with Crippen LogP contribution >= 0.6 is 0 Å². The van der Waals surface area contributed by atoms with Crippen LogP contribution in [0.25, 0.3) is 0 Å². The lowest BCUT2D eigenvalue weighted by Crippen LogP contribution is -2.19. The molecule has 2 aromatic heterocycles. The number of imidazole rings is 1. The van der Waals surface area contributed by atoms with Crippen molar-refractivity contribution in [3.8, 4) is 0 Å². The highest BCUT2D eigenvalue weighted by Crippen LogP contribution is 2.04. The summed E-state index contributed by atoms with van der Waals surface area (Å²) in [6, 6.07) is 0. The van der Waals surface area contributed by atoms with Crippen LogP contribution in [0.2, 0.25) is 0 Å². The lowest BCUT2D eigenvalue weighted by atomic mass is 10.2. The fourth-order valence-corrected chi connectivity index (χ4v) is 1.57. The van der Waals surface area contributed by atoms with Crippen molar-refractivity contribution in [3.05, 3.63) is 36.2 Å². The predicted molar refractivity (Wildman–Crippen MR) is 61.9 cm³/mol. The Morgan fingerprint density at radius 2 is 2.31 bits per heavy atom. The van der Waals surface area contributed by atoms with Crippen LogP contribution < -0.4 is 5.32 Å². The van der Waals surface area contributed by atoms with Gasteiger partial charge in [0.1, 0.15) is 0 Å². The van der Waals surface area contributed by atoms with Crippen LogP contribution in [0.5, 0.6) is 0 Å². The van der Waals surface area contributed by atoms with Crippen molar-refractivity contribution in [2.45, 2.75) is 20.0 Å². The second-order valence-corrected chi connectivity index (χ2v) is 3.86. The zero-order chi connectivity index (χ0) is 11.4. The molecule has 2 aromatic rings. The Bertz CT molecular complexity index is 429. The Balaban J connectivity index is 1.74. The van der Waals surface area contributed by atoms with E-state index in [0.717, 1.165) is 19.6 Å². The summed E-state index contributed by atoms with van der Waals surface area (Å²) in [5.41, 5.74) is 2.48. The van der Waals surface area contributed by atoms with Gasteiger partial charge < -0.3 is 9.88 Å². The van der Waals surface area contributed by atoms with Gasteiger partial charge >= 0.3 is 0 Å². The Labute approximate surface area is 95.1 Å². The minimum Gasteiger partial charge on any atom is -0.336 e. The molecule has 0 saturated heterocycles. The Hall–Kier alpha value is -1.62. The van der Waals surface area contributed by atoms with Gasteiger partial charge in [-0.05, 0) is 6.92 Å². The molecule has 86 valence electrons. The molecule has 1 N–H and O–H groups in total. The maximum absolute atomic E-state index is 4.21. The maximum atomic E-state index is 4.21. The summed E-state index contributed by atoms with van der Waals surface area (Å²) in [5, 5.41) is 7.60. The zero-order valence-electron chi connectivity index (χ0n) is 9.72. The molecule has 2 rings (SSSR count). The molecule has 0 unspecified atom stereocenters.